The molecule has 0 radical (unpaired) electrons. The molecule has 0 atom stereocenters. The molecule has 112 valence electrons. The first-order valence-electron chi connectivity index (χ1n) is 6.69. The van der Waals surface area contributed by atoms with E-state index >= 15 is 0 Å². The molecule has 0 heterocycles. The molecule has 0 aliphatic heterocycles. The minimum atomic E-state index is -3.73. The van der Waals surface area contributed by atoms with Gasteiger partial charge in [-0.3, -0.25) is 4.72 Å². The van der Waals surface area contributed by atoms with Gasteiger partial charge < -0.3 is 0 Å². The predicted molar refractivity (Wildman–Crippen MR) is 82.5 cm³/mol. The van der Waals surface area contributed by atoms with Gasteiger partial charge in [-0.15, -0.1) is 0 Å². The number of sulfonamides is 1. The molecule has 0 spiro atoms. The normalized spacial score (nSPS) is 11.7. The molecule has 0 saturated heterocycles. The fraction of sp³-hybridized carbons (Fsp3) is 0.250. The van der Waals surface area contributed by atoms with E-state index in [1.165, 1.54) is 19.1 Å². The van der Waals surface area contributed by atoms with E-state index in [4.69, 9.17) is 0 Å². The third-order valence-electron chi connectivity index (χ3n) is 3.27. The quantitative estimate of drug-likeness (QED) is 0.926. The van der Waals surface area contributed by atoms with Gasteiger partial charge in [0.25, 0.3) is 10.0 Å². The number of aryl methyl sites for hydroxylation is 1. The second kappa shape index (κ2) is 5.85. The van der Waals surface area contributed by atoms with Crippen LogP contribution in [0.1, 0.15) is 30.9 Å². The largest absolute Gasteiger partial charge is 0.279 e. The standard InChI is InChI=1S/C16H18FNO2S/c1-11(2)14-6-4-5-7-16(14)18-21(19,20)13-8-9-15(17)12(3)10-13/h4-11,18H,1-3H3. The van der Waals surface area contributed by atoms with E-state index in [2.05, 4.69) is 4.72 Å². The van der Waals surface area contributed by atoms with Crippen LogP contribution in [0, 0.1) is 12.7 Å². The van der Waals surface area contributed by atoms with E-state index in [-0.39, 0.29) is 10.8 Å². The van der Waals surface area contributed by atoms with E-state index in [0.29, 0.717) is 11.3 Å². The molecule has 0 unspecified atom stereocenters. The average Bonchev–Trinajstić information content (AvgIpc) is 2.41. The second-order valence-corrected chi connectivity index (χ2v) is 6.94. The Morgan fingerprint density at radius 1 is 1.10 bits per heavy atom. The summed E-state index contributed by atoms with van der Waals surface area (Å²) in [6.45, 7) is 5.53. The maximum absolute atomic E-state index is 13.3. The summed E-state index contributed by atoms with van der Waals surface area (Å²) in [6, 6.07) is 11.0. The van der Waals surface area contributed by atoms with E-state index < -0.39 is 15.8 Å². The average molecular weight is 307 g/mol. The van der Waals surface area contributed by atoms with Gasteiger partial charge in [-0.05, 0) is 48.2 Å². The minimum absolute atomic E-state index is 0.0555. The summed E-state index contributed by atoms with van der Waals surface area (Å²) in [4.78, 5) is 0.0555. The predicted octanol–water partition coefficient (Wildman–Crippen LogP) is 4.06. The first-order chi connectivity index (χ1) is 9.81. The molecule has 2 rings (SSSR count). The summed E-state index contributed by atoms with van der Waals surface area (Å²) >= 11 is 0. The molecule has 21 heavy (non-hydrogen) atoms. The molecule has 5 heteroatoms. The van der Waals surface area contributed by atoms with Crippen molar-refractivity contribution < 1.29 is 12.8 Å². The fourth-order valence-corrected chi connectivity index (χ4v) is 3.25. The molecular weight excluding hydrogens is 289 g/mol. The van der Waals surface area contributed by atoms with Crippen LogP contribution < -0.4 is 4.72 Å². The van der Waals surface area contributed by atoms with Crippen molar-refractivity contribution in [2.75, 3.05) is 4.72 Å². The summed E-state index contributed by atoms with van der Waals surface area (Å²) in [5.41, 5.74) is 1.77. The molecule has 0 saturated carbocycles. The number of halogens is 1. The van der Waals surface area contributed by atoms with Crippen LogP contribution in [0.3, 0.4) is 0 Å². The van der Waals surface area contributed by atoms with Gasteiger partial charge in [0, 0.05) is 0 Å². The first kappa shape index (κ1) is 15.5. The number of rotatable bonds is 4. The summed E-state index contributed by atoms with van der Waals surface area (Å²) in [6.07, 6.45) is 0. The highest BCUT2D eigenvalue weighted by Crippen LogP contribution is 2.26. The van der Waals surface area contributed by atoms with E-state index in [1.807, 2.05) is 26.0 Å². The summed E-state index contributed by atoms with van der Waals surface area (Å²) in [5, 5.41) is 0. The Bertz CT molecular complexity index is 755. The maximum Gasteiger partial charge on any atom is 0.261 e. The van der Waals surface area contributed by atoms with E-state index in [9.17, 15) is 12.8 Å². The smallest absolute Gasteiger partial charge is 0.261 e. The molecule has 2 aromatic rings. The van der Waals surface area contributed by atoms with Gasteiger partial charge in [0.05, 0.1) is 10.6 Å². The number of hydrogen-bond donors (Lipinski definition) is 1. The van der Waals surface area contributed by atoms with Crippen LogP contribution >= 0.6 is 0 Å². The second-order valence-electron chi connectivity index (χ2n) is 5.26. The molecule has 0 aliphatic rings. The van der Waals surface area contributed by atoms with Crippen molar-refractivity contribution in [2.24, 2.45) is 0 Å². The van der Waals surface area contributed by atoms with Gasteiger partial charge in [0.2, 0.25) is 0 Å². The molecule has 0 bridgehead atoms. The number of benzene rings is 2. The number of nitrogens with one attached hydrogen (secondary N) is 1. The van der Waals surface area contributed by atoms with Crippen LogP contribution in [0.2, 0.25) is 0 Å². The van der Waals surface area contributed by atoms with Crippen LogP contribution in [-0.4, -0.2) is 8.42 Å². The summed E-state index contributed by atoms with van der Waals surface area (Å²) in [7, 11) is -3.73. The van der Waals surface area contributed by atoms with Crippen LogP contribution in [0.25, 0.3) is 0 Å². The highest BCUT2D eigenvalue weighted by atomic mass is 32.2. The third kappa shape index (κ3) is 3.42. The Kier molecular flexibility index (Phi) is 4.32. The third-order valence-corrected chi connectivity index (χ3v) is 4.63. The van der Waals surface area contributed by atoms with Crippen LogP contribution in [0.5, 0.6) is 0 Å². The van der Waals surface area contributed by atoms with Crippen LogP contribution in [-0.2, 0) is 10.0 Å². The molecular formula is C16H18FNO2S. The summed E-state index contributed by atoms with van der Waals surface area (Å²) < 4.78 is 40.7. The van der Waals surface area contributed by atoms with E-state index in [1.54, 1.807) is 12.1 Å². The van der Waals surface area contributed by atoms with Crippen molar-refractivity contribution >= 4 is 15.7 Å². The lowest BCUT2D eigenvalue weighted by Gasteiger charge is -2.15. The van der Waals surface area contributed by atoms with Gasteiger partial charge in [-0.1, -0.05) is 32.0 Å². The van der Waals surface area contributed by atoms with Crippen molar-refractivity contribution in [1.82, 2.24) is 0 Å². The van der Waals surface area contributed by atoms with Crippen LogP contribution in [0.15, 0.2) is 47.4 Å². The van der Waals surface area contributed by atoms with Gasteiger partial charge in [-0.25, -0.2) is 12.8 Å². The minimum Gasteiger partial charge on any atom is -0.279 e. The van der Waals surface area contributed by atoms with Crippen LogP contribution in [0.4, 0.5) is 10.1 Å². The molecule has 2 aromatic carbocycles. The van der Waals surface area contributed by atoms with Crippen molar-refractivity contribution in [1.29, 1.82) is 0 Å². The Labute approximate surface area is 124 Å². The highest BCUT2D eigenvalue weighted by molar-refractivity contribution is 7.92. The molecule has 3 nitrogen and oxygen atoms in total. The molecule has 0 aliphatic carbocycles. The monoisotopic (exact) mass is 307 g/mol. The molecule has 0 fully saturated rings. The Morgan fingerprint density at radius 3 is 2.38 bits per heavy atom. The van der Waals surface area contributed by atoms with E-state index in [0.717, 1.165) is 11.6 Å². The Hall–Kier alpha value is -1.88. The molecule has 1 N–H and O–H groups in total. The van der Waals surface area contributed by atoms with Gasteiger partial charge in [-0.2, -0.15) is 0 Å². The first-order valence-corrected chi connectivity index (χ1v) is 8.17. The number of hydrogen-bond acceptors (Lipinski definition) is 2. The highest BCUT2D eigenvalue weighted by Gasteiger charge is 2.17. The zero-order valence-electron chi connectivity index (χ0n) is 12.2. The zero-order valence-corrected chi connectivity index (χ0v) is 13.0. The van der Waals surface area contributed by atoms with Gasteiger partial charge >= 0.3 is 0 Å². The van der Waals surface area contributed by atoms with Crippen molar-refractivity contribution in [3.05, 3.63) is 59.4 Å². The van der Waals surface area contributed by atoms with Crippen molar-refractivity contribution in [3.8, 4) is 0 Å². The lowest BCUT2D eigenvalue weighted by atomic mass is 10.0. The maximum atomic E-state index is 13.3. The van der Waals surface area contributed by atoms with Crippen molar-refractivity contribution in [3.63, 3.8) is 0 Å². The number of para-hydroxylation sites is 1. The Balaban J connectivity index is 2.40. The van der Waals surface area contributed by atoms with Crippen molar-refractivity contribution in [2.45, 2.75) is 31.6 Å². The zero-order chi connectivity index (χ0) is 15.6. The number of anilines is 1. The molecule has 0 amide bonds. The topological polar surface area (TPSA) is 46.2 Å². The van der Waals surface area contributed by atoms with Gasteiger partial charge in [0.15, 0.2) is 0 Å². The fourth-order valence-electron chi connectivity index (χ4n) is 2.08. The molecule has 0 aromatic heterocycles. The summed E-state index contributed by atoms with van der Waals surface area (Å²) in [5.74, 6) is -0.226. The lowest BCUT2D eigenvalue weighted by molar-refractivity contribution is 0.598. The SMILES string of the molecule is Cc1cc(S(=O)(=O)Nc2ccccc2C(C)C)ccc1F. The van der Waals surface area contributed by atoms with Gasteiger partial charge in [0.1, 0.15) is 5.82 Å². The Morgan fingerprint density at radius 2 is 1.76 bits per heavy atom. The lowest BCUT2D eigenvalue weighted by Crippen LogP contribution is -2.14.